The molecule has 0 amide bonds. The van der Waals surface area contributed by atoms with Crippen molar-refractivity contribution < 1.29 is 0 Å². The van der Waals surface area contributed by atoms with Gasteiger partial charge < -0.3 is 4.90 Å². The minimum absolute atomic E-state index is 0.456. The van der Waals surface area contributed by atoms with Gasteiger partial charge in [0.25, 0.3) is 0 Å². The first kappa shape index (κ1) is 14.6. The molecule has 2 aromatic rings. The molecule has 0 atom stereocenters. The van der Waals surface area contributed by atoms with Crippen molar-refractivity contribution in [2.24, 2.45) is 0 Å². The number of aromatic nitrogens is 1. The van der Waals surface area contributed by atoms with Crippen molar-refractivity contribution in [3.05, 3.63) is 47.3 Å². The third-order valence-corrected chi connectivity index (χ3v) is 4.34. The molecule has 0 fully saturated rings. The number of hydrogen-bond acceptors (Lipinski definition) is 3. The van der Waals surface area contributed by atoms with Gasteiger partial charge in [-0.05, 0) is 57.4 Å². The molecule has 3 nitrogen and oxygen atoms in total. The summed E-state index contributed by atoms with van der Waals surface area (Å²) in [7, 11) is 0. The van der Waals surface area contributed by atoms with Crippen molar-refractivity contribution in [2.45, 2.75) is 39.7 Å². The minimum Gasteiger partial charge on any atom is -0.369 e. The van der Waals surface area contributed by atoms with E-state index in [1.54, 1.807) is 0 Å². The molecule has 0 saturated carbocycles. The van der Waals surface area contributed by atoms with Crippen LogP contribution in [0.1, 0.15) is 37.1 Å². The van der Waals surface area contributed by atoms with Crippen LogP contribution in [0.5, 0.6) is 0 Å². The zero-order valence-corrected chi connectivity index (χ0v) is 13.4. The molecular weight excluding hydrogens is 270 g/mol. The molecule has 1 aromatic heterocycles. The van der Waals surface area contributed by atoms with Crippen molar-refractivity contribution >= 4 is 5.69 Å². The van der Waals surface area contributed by atoms with Crippen molar-refractivity contribution in [3.8, 4) is 17.2 Å². The second kappa shape index (κ2) is 5.81. The average Bonchev–Trinajstić information content (AvgIpc) is 2.53. The summed E-state index contributed by atoms with van der Waals surface area (Å²) in [4.78, 5) is 6.77. The van der Waals surface area contributed by atoms with Crippen molar-refractivity contribution in [1.82, 2.24) is 4.98 Å². The molecular formula is C19H21N3. The fourth-order valence-electron chi connectivity index (χ4n) is 3.16. The van der Waals surface area contributed by atoms with Gasteiger partial charge in [0.2, 0.25) is 0 Å². The highest BCUT2D eigenvalue weighted by Gasteiger charge is 2.21. The Morgan fingerprint density at radius 3 is 2.73 bits per heavy atom. The van der Waals surface area contributed by atoms with Crippen molar-refractivity contribution in [1.29, 1.82) is 5.26 Å². The first-order valence-corrected chi connectivity index (χ1v) is 7.87. The van der Waals surface area contributed by atoms with E-state index >= 15 is 0 Å². The van der Waals surface area contributed by atoms with Gasteiger partial charge in [-0.3, -0.25) is 4.98 Å². The van der Waals surface area contributed by atoms with Crippen LogP contribution in [-0.2, 0) is 6.42 Å². The monoisotopic (exact) mass is 291 g/mol. The van der Waals surface area contributed by atoms with Crippen LogP contribution in [0.25, 0.3) is 11.1 Å². The largest absolute Gasteiger partial charge is 0.369 e. The van der Waals surface area contributed by atoms with E-state index in [1.165, 1.54) is 17.7 Å². The molecule has 3 heteroatoms. The Kier molecular flexibility index (Phi) is 3.85. The Labute approximate surface area is 132 Å². The lowest BCUT2D eigenvalue weighted by Crippen LogP contribution is -2.35. The van der Waals surface area contributed by atoms with E-state index < -0.39 is 0 Å². The van der Waals surface area contributed by atoms with E-state index in [1.807, 2.05) is 25.3 Å². The van der Waals surface area contributed by atoms with Crippen molar-refractivity contribution in [3.63, 3.8) is 0 Å². The molecule has 0 spiro atoms. The highest BCUT2D eigenvalue weighted by molar-refractivity contribution is 5.76. The summed E-state index contributed by atoms with van der Waals surface area (Å²) in [5, 5.41) is 9.57. The number of nitriles is 1. The second-order valence-corrected chi connectivity index (χ2v) is 6.22. The third kappa shape index (κ3) is 2.57. The third-order valence-electron chi connectivity index (χ3n) is 4.34. The van der Waals surface area contributed by atoms with Gasteiger partial charge in [-0.25, -0.2) is 0 Å². The Balaban J connectivity index is 2.13. The van der Waals surface area contributed by atoms with Crippen LogP contribution in [0.15, 0.2) is 30.5 Å². The fraction of sp³-hybridized carbons (Fsp3) is 0.368. The number of hydrogen-bond donors (Lipinski definition) is 0. The summed E-state index contributed by atoms with van der Waals surface area (Å²) >= 11 is 0. The standard InChI is InChI=1S/C19H21N3/c1-13(2)22-8-4-5-15-9-18(17(11-20)10-19(15)22)16-7-6-14(3)21-12-16/h6-7,9-10,12-13H,4-5,8H2,1-3H3. The molecule has 0 aliphatic carbocycles. The minimum atomic E-state index is 0.456. The first-order valence-electron chi connectivity index (χ1n) is 7.87. The second-order valence-electron chi connectivity index (χ2n) is 6.22. The summed E-state index contributed by atoms with van der Waals surface area (Å²) in [5.41, 5.74) is 6.31. The number of pyridine rings is 1. The van der Waals surface area contributed by atoms with Crippen LogP contribution < -0.4 is 4.90 Å². The van der Waals surface area contributed by atoms with Crippen LogP contribution in [0, 0.1) is 18.3 Å². The normalized spacial score (nSPS) is 13.9. The van der Waals surface area contributed by atoms with Crippen LogP contribution in [0.3, 0.4) is 0 Å². The molecule has 0 bridgehead atoms. The van der Waals surface area contributed by atoms with Crippen LogP contribution in [-0.4, -0.2) is 17.6 Å². The van der Waals surface area contributed by atoms with Gasteiger partial charge in [-0.15, -0.1) is 0 Å². The molecule has 2 heterocycles. The zero-order valence-electron chi connectivity index (χ0n) is 13.4. The van der Waals surface area contributed by atoms with Gasteiger partial charge in [0, 0.05) is 41.3 Å². The SMILES string of the molecule is Cc1ccc(-c2cc3c(cc2C#N)N(C(C)C)CCC3)cn1. The Bertz CT molecular complexity index is 724. The average molecular weight is 291 g/mol. The molecule has 0 unspecified atom stereocenters. The number of rotatable bonds is 2. The lowest BCUT2D eigenvalue weighted by atomic mass is 9.92. The highest BCUT2D eigenvalue weighted by Crippen LogP contribution is 2.35. The summed E-state index contributed by atoms with van der Waals surface area (Å²) in [6.07, 6.45) is 4.11. The smallest absolute Gasteiger partial charge is 0.0998 e. The van der Waals surface area contributed by atoms with E-state index in [-0.39, 0.29) is 0 Å². The van der Waals surface area contributed by atoms with E-state index in [4.69, 9.17) is 0 Å². The maximum atomic E-state index is 9.57. The predicted octanol–water partition coefficient (Wildman–Crippen LogP) is 4.09. The fourth-order valence-corrected chi connectivity index (χ4v) is 3.16. The Morgan fingerprint density at radius 2 is 2.09 bits per heavy atom. The summed E-state index contributed by atoms with van der Waals surface area (Å²) < 4.78 is 0. The highest BCUT2D eigenvalue weighted by atomic mass is 15.2. The number of benzene rings is 1. The lowest BCUT2D eigenvalue weighted by molar-refractivity contribution is 0.625. The molecule has 1 aliphatic rings. The van der Waals surface area contributed by atoms with E-state index in [9.17, 15) is 5.26 Å². The Hall–Kier alpha value is -2.34. The first-order chi connectivity index (χ1) is 10.6. The number of anilines is 1. The molecule has 0 N–H and O–H groups in total. The lowest BCUT2D eigenvalue weighted by Gasteiger charge is -2.35. The van der Waals surface area contributed by atoms with E-state index in [0.717, 1.165) is 35.3 Å². The van der Waals surface area contributed by atoms with Crippen LogP contribution in [0.2, 0.25) is 0 Å². The Morgan fingerprint density at radius 1 is 1.27 bits per heavy atom. The van der Waals surface area contributed by atoms with Gasteiger partial charge in [0.05, 0.1) is 11.6 Å². The van der Waals surface area contributed by atoms with Gasteiger partial charge in [-0.1, -0.05) is 6.07 Å². The van der Waals surface area contributed by atoms with Crippen molar-refractivity contribution in [2.75, 3.05) is 11.4 Å². The van der Waals surface area contributed by atoms with Gasteiger partial charge in [0.1, 0.15) is 0 Å². The molecule has 22 heavy (non-hydrogen) atoms. The topological polar surface area (TPSA) is 39.9 Å². The van der Waals surface area contributed by atoms with Crippen LogP contribution >= 0.6 is 0 Å². The number of aryl methyl sites for hydroxylation is 2. The summed E-state index contributed by atoms with van der Waals surface area (Å²) in [5.74, 6) is 0. The van der Waals surface area contributed by atoms with Gasteiger partial charge in [-0.2, -0.15) is 5.26 Å². The molecule has 0 radical (unpaired) electrons. The van der Waals surface area contributed by atoms with Gasteiger partial charge in [0.15, 0.2) is 0 Å². The number of fused-ring (bicyclic) bond motifs is 1. The number of nitrogens with zero attached hydrogens (tertiary/aromatic N) is 3. The molecule has 1 aromatic carbocycles. The molecule has 0 saturated heterocycles. The van der Waals surface area contributed by atoms with Crippen LogP contribution in [0.4, 0.5) is 5.69 Å². The summed E-state index contributed by atoms with van der Waals surface area (Å²) in [6, 6.07) is 11.1. The molecule has 112 valence electrons. The zero-order chi connectivity index (χ0) is 15.7. The predicted molar refractivity (Wildman–Crippen MR) is 89.9 cm³/mol. The maximum Gasteiger partial charge on any atom is 0.0998 e. The quantitative estimate of drug-likeness (QED) is 0.836. The maximum absolute atomic E-state index is 9.57. The molecule has 3 rings (SSSR count). The summed E-state index contributed by atoms with van der Waals surface area (Å²) in [6.45, 7) is 7.46. The molecule has 1 aliphatic heterocycles. The van der Waals surface area contributed by atoms with E-state index in [0.29, 0.717) is 6.04 Å². The van der Waals surface area contributed by atoms with Gasteiger partial charge >= 0.3 is 0 Å². The van der Waals surface area contributed by atoms with E-state index in [2.05, 4.69) is 41.9 Å².